The first kappa shape index (κ1) is 11.0. The van der Waals surface area contributed by atoms with E-state index in [2.05, 4.69) is 10.3 Å². The molecule has 0 saturated carbocycles. The Morgan fingerprint density at radius 3 is 2.89 bits per heavy atom. The number of aromatic carboxylic acids is 1. The van der Waals surface area contributed by atoms with Crippen molar-refractivity contribution in [2.75, 3.05) is 13.1 Å². The summed E-state index contributed by atoms with van der Waals surface area (Å²) in [4.78, 5) is 15.3. The molecule has 6 nitrogen and oxygen atoms in total. The quantitative estimate of drug-likeness (QED) is 0.735. The molecule has 2 aromatic heterocycles. The van der Waals surface area contributed by atoms with E-state index in [4.69, 9.17) is 5.11 Å². The maximum atomic E-state index is 11.1. The standard InChI is InChI=1S/C12H13N3O3/c16-8-1-2-9-11(12(17)18)14-10(15(9)6-8)3-7-4-13-5-7/h1-2,6-7,13,16H,3-5H2,(H,17,18). The Morgan fingerprint density at radius 1 is 1.50 bits per heavy atom. The van der Waals surface area contributed by atoms with Gasteiger partial charge in [0.25, 0.3) is 0 Å². The van der Waals surface area contributed by atoms with Gasteiger partial charge < -0.3 is 15.5 Å². The number of pyridine rings is 1. The van der Waals surface area contributed by atoms with E-state index < -0.39 is 5.97 Å². The summed E-state index contributed by atoms with van der Waals surface area (Å²) in [5.74, 6) is 0.227. The molecule has 3 rings (SSSR count). The number of carbonyl (C=O) groups is 1. The van der Waals surface area contributed by atoms with Crippen molar-refractivity contribution in [2.45, 2.75) is 6.42 Å². The van der Waals surface area contributed by atoms with Gasteiger partial charge in [-0.3, -0.25) is 4.40 Å². The van der Waals surface area contributed by atoms with Crippen LogP contribution in [0.4, 0.5) is 0 Å². The molecule has 1 fully saturated rings. The van der Waals surface area contributed by atoms with Crippen molar-refractivity contribution in [2.24, 2.45) is 5.92 Å². The minimum atomic E-state index is -1.05. The smallest absolute Gasteiger partial charge is 0.356 e. The minimum Gasteiger partial charge on any atom is -0.506 e. The van der Waals surface area contributed by atoms with Crippen LogP contribution in [0.25, 0.3) is 5.52 Å². The number of carboxylic acids is 1. The second kappa shape index (κ2) is 3.99. The molecule has 0 radical (unpaired) electrons. The fourth-order valence-corrected chi connectivity index (χ4v) is 2.19. The Labute approximate surface area is 103 Å². The monoisotopic (exact) mass is 247 g/mol. The number of fused-ring (bicyclic) bond motifs is 1. The molecule has 0 bridgehead atoms. The summed E-state index contributed by atoms with van der Waals surface area (Å²) in [5.41, 5.74) is 0.555. The van der Waals surface area contributed by atoms with Crippen LogP contribution in [0.1, 0.15) is 16.3 Å². The van der Waals surface area contributed by atoms with E-state index in [1.165, 1.54) is 12.3 Å². The maximum Gasteiger partial charge on any atom is 0.356 e. The fourth-order valence-electron chi connectivity index (χ4n) is 2.19. The summed E-state index contributed by atoms with van der Waals surface area (Å²) in [5, 5.41) is 21.8. The number of aromatic hydroxyl groups is 1. The van der Waals surface area contributed by atoms with Gasteiger partial charge in [0, 0.05) is 6.42 Å². The van der Waals surface area contributed by atoms with E-state index in [9.17, 15) is 9.90 Å². The number of imidazole rings is 1. The van der Waals surface area contributed by atoms with E-state index >= 15 is 0 Å². The van der Waals surface area contributed by atoms with Gasteiger partial charge in [-0.2, -0.15) is 0 Å². The fraction of sp³-hybridized carbons (Fsp3) is 0.333. The van der Waals surface area contributed by atoms with Gasteiger partial charge in [0.05, 0.1) is 11.7 Å². The molecule has 3 heterocycles. The van der Waals surface area contributed by atoms with Crippen molar-refractivity contribution in [1.82, 2.24) is 14.7 Å². The summed E-state index contributed by atoms with van der Waals surface area (Å²) in [7, 11) is 0. The second-order valence-corrected chi connectivity index (χ2v) is 4.55. The van der Waals surface area contributed by atoms with Crippen molar-refractivity contribution in [3.63, 3.8) is 0 Å². The van der Waals surface area contributed by atoms with E-state index in [-0.39, 0.29) is 11.4 Å². The van der Waals surface area contributed by atoms with Crippen molar-refractivity contribution in [3.8, 4) is 5.75 Å². The van der Waals surface area contributed by atoms with Crippen LogP contribution < -0.4 is 5.32 Å². The van der Waals surface area contributed by atoms with E-state index in [1.54, 1.807) is 10.5 Å². The van der Waals surface area contributed by atoms with E-state index in [0.29, 0.717) is 23.7 Å². The first-order valence-electron chi connectivity index (χ1n) is 5.79. The SMILES string of the molecule is O=C(O)c1nc(CC2CNC2)n2cc(O)ccc12. The van der Waals surface area contributed by atoms with Gasteiger partial charge in [-0.25, -0.2) is 9.78 Å². The number of nitrogens with one attached hydrogen (secondary N) is 1. The molecule has 0 amide bonds. The lowest BCUT2D eigenvalue weighted by Gasteiger charge is -2.26. The van der Waals surface area contributed by atoms with Gasteiger partial charge in [-0.1, -0.05) is 0 Å². The average Bonchev–Trinajstić information content (AvgIpc) is 2.62. The number of aromatic nitrogens is 2. The van der Waals surface area contributed by atoms with Crippen molar-refractivity contribution >= 4 is 11.5 Å². The normalized spacial score (nSPS) is 15.8. The van der Waals surface area contributed by atoms with Gasteiger partial charge in [-0.15, -0.1) is 0 Å². The van der Waals surface area contributed by atoms with Crippen LogP contribution in [0.2, 0.25) is 0 Å². The van der Waals surface area contributed by atoms with Crippen LogP contribution in [0.3, 0.4) is 0 Å². The molecule has 1 aliphatic heterocycles. The first-order chi connectivity index (χ1) is 8.65. The lowest BCUT2D eigenvalue weighted by atomic mass is 9.99. The molecule has 2 aromatic rings. The zero-order chi connectivity index (χ0) is 12.7. The zero-order valence-corrected chi connectivity index (χ0v) is 9.63. The van der Waals surface area contributed by atoms with Crippen LogP contribution in [0, 0.1) is 5.92 Å². The van der Waals surface area contributed by atoms with Crippen LogP contribution in [0.5, 0.6) is 5.75 Å². The molecule has 3 N–H and O–H groups in total. The molecule has 94 valence electrons. The third-order valence-corrected chi connectivity index (χ3v) is 3.23. The third-order valence-electron chi connectivity index (χ3n) is 3.23. The highest BCUT2D eigenvalue weighted by atomic mass is 16.4. The van der Waals surface area contributed by atoms with Gasteiger partial charge in [0.15, 0.2) is 5.69 Å². The van der Waals surface area contributed by atoms with Crippen LogP contribution in [-0.2, 0) is 6.42 Å². The number of rotatable bonds is 3. The molecule has 18 heavy (non-hydrogen) atoms. The molecule has 1 saturated heterocycles. The minimum absolute atomic E-state index is 0.0392. The molecule has 0 unspecified atom stereocenters. The van der Waals surface area contributed by atoms with Gasteiger partial charge >= 0.3 is 5.97 Å². The highest BCUT2D eigenvalue weighted by molar-refractivity contribution is 5.93. The maximum absolute atomic E-state index is 11.1. The zero-order valence-electron chi connectivity index (χ0n) is 9.63. The number of nitrogens with zero attached hydrogens (tertiary/aromatic N) is 2. The highest BCUT2D eigenvalue weighted by Crippen LogP contribution is 2.20. The summed E-state index contributed by atoms with van der Waals surface area (Å²) < 4.78 is 1.66. The summed E-state index contributed by atoms with van der Waals surface area (Å²) in [6.45, 7) is 1.85. The van der Waals surface area contributed by atoms with Gasteiger partial charge in [0.1, 0.15) is 11.6 Å². The number of hydrogen-bond acceptors (Lipinski definition) is 4. The lowest BCUT2D eigenvalue weighted by Crippen LogP contribution is -2.43. The van der Waals surface area contributed by atoms with Crippen LogP contribution in [0.15, 0.2) is 18.3 Å². The first-order valence-corrected chi connectivity index (χ1v) is 5.79. The highest BCUT2D eigenvalue weighted by Gasteiger charge is 2.22. The molecule has 0 spiro atoms. The second-order valence-electron chi connectivity index (χ2n) is 4.55. The number of hydrogen-bond donors (Lipinski definition) is 3. The van der Waals surface area contributed by atoms with Gasteiger partial charge in [-0.05, 0) is 31.1 Å². The Morgan fingerprint density at radius 2 is 2.28 bits per heavy atom. The molecule has 0 aliphatic carbocycles. The van der Waals surface area contributed by atoms with Crippen molar-refractivity contribution < 1.29 is 15.0 Å². The third kappa shape index (κ3) is 1.70. The predicted octanol–water partition coefficient (Wildman–Crippen LogP) is 0.500. The molecule has 1 aliphatic rings. The van der Waals surface area contributed by atoms with E-state index in [1.807, 2.05) is 0 Å². The lowest BCUT2D eigenvalue weighted by molar-refractivity contribution is 0.0693. The van der Waals surface area contributed by atoms with Crippen LogP contribution in [-0.4, -0.2) is 38.7 Å². The Balaban J connectivity index is 2.10. The number of carboxylic acid groups (broad SMARTS) is 1. The Hall–Kier alpha value is -2.08. The Kier molecular flexibility index (Phi) is 2.45. The molecular formula is C12H13N3O3. The summed E-state index contributed by atoms with van der Waals surface area (Å²) in [6, 6.07) is 3.05. The predicted molar refractivity (Wildman–Crippen MR) is 63.9 cm³/mol. The summed E-state index contributed by atoms with van der Waals surface area (Å²) in [6.07, 6.45) is 2.22. The van der Waals surface area contributed by atoms with Gasteiger partial charge in [0.2, 0.25) is 0 Å². The van der Waals surface area contributed by atoms with Crippen molar-refractivity contribution in [3.05, 3.63) is 29.8 Å². The molecule has 0 atom stereocenters. The topological polar surface area (TPSA) is 86.9 Å². The average molecular weight is 247 g/mol. The molecule has 6 heteroatoms. The van der Waals surface area contributed by atoms with E-state index in [0.717, 1.165) is 13.1 Å². The largest absolute Gasteiger partial charge is 0.506 e. The van der Waals surface area contributed by atoms with Crippen LogP contribution >= 0.6 is 0 Å². The molecular weight excluding hydrogens is 234 g/mol. The summed E-state index contributed by atoms with van der Waals surface area (Å²) >= 11 is 0. The van der Waals surface area contributed by atoms with Crippen molar-refractivity contribution in [1.29, 1.82) is 0 Å². The Bertz CT molecular complexity index is 616. The molecule has 0 aromatic carbocycles.